The van der Waals surface area contributed by atoms with Crippen molar-refractivity contribution in [3.05, 3.63) is 122 Å². The first-order chi connectivity index (χ1) is 26.8. The number of amides is 1. The van der Waals surface area contributed by atoms with Crippen LogP contribution in [0.3, 0.4) is 0 Å². The number of rotatable bonds is 8. The second-order valence-electron chi connectivity index (χ2n) is 17.0. The van der Waals surface area contributed by atoms with Gasteiger partial charge in [0.15, 0.2) is 5.60 Å². The minimum absolute atomic E-state index is 0.0511. The lowest BCUT2D eigenvalue weighted by molar-refractivity contribution is -0.172. The van der Waals surface area contributed by atoms with Crippen molar-refractivity contribution in [2.45, 2.75) is 103 Å². The van der Waals surface area contributed by atoms with Gasteiger partial charge in [-0.05, 0) is 89.2 Å². The largest absolute Gasteiger partial charge is 0.458 e. The average molecular weight is 788 g/mol. The van der Waals surface area contributed by atoms with E-state index in [2.05, 4.69) is 74.6 Å². The average Bonchev–Trinajstić information content (AvgIpc) is 3.96. The topological polar surface area (TPSA) is 120 Å². The molecule has 2 N–H and O–H groups in total. The number of benzene rings is 3. The van der Waals surface area contributed by atoms with Crippen LogP contribution in [-0.2, 0) is 43.9 Å². The van der Waals surface area contributed by atoms with Crippen molar-refractivity contribution in [3.63, 3.8) is 0 Å². The number of aliphatic hydroxyl groups is 1. The minimum atomic E-state index is -3.06. The highest BCUT2D eigenvalue weighted by Gasteiger charge is 2.55. The number of carbonyl (C=O) groups is 2. The van der Waals surface area contributed by atoms with Crippen molar-refractivity contribution in [3.8, 4) is 11.4 Å². The molecule has 0 unspecified atom stereocenters. The number of carbonyl (C=O) groups excluding carboxylic acids is 2. The molecule has 4 heterocycles. The Morgan fingerprint density at radius 1 is 1.04 bits per heavy atom. The first-order valence-corrected chi connectivity index (χ1v) is 22.0. The van der Waals surface area contributed by atoms with Gasteiger partial charge >= 0.3 is 5.97 Å². The highest BCUT2D eigenvalue weighted by molar-refractivity contribution is 6.99. The van der Waals surface area contributed by atoms with Crippen molar-refractivity contribution in [2.24, 2.45) is 5.92 Å². The number of cyclic esters (lactones) is 1. The first-order valence-electron chi connectivity index (χ1n) is 19.7. The Hall–Kier alpha value is -4.61. The van der Waals surface area contributed by atoms with Gasteiger partial charge in [-0.15, -0.1) is 0 Å². The van der Waals surface area contributed by atoms with Crippen LogP contribution in [0.2, 0.25) is 10.1 Å². The van der Waals surface area contributed by atoms with Crippen molar-refractivity contribution in [1.82, 2.24) is 14.9 Å². The van der Waals surface area contributed by atoms with Gasteiger partial charge in [-0.1, -0.05) is 100.0 Å². The van der Waals surface area contributed by atoms with Crippen molar-refractivity contribution >= 4 is 53.1 Å². The first kappa shape index (κ1) is 37.0. The molecule has 9 rings (SSSR count). The maximum absolute atomic E-state index is 15.0. The summed E-state index contributed by atoms with van der Waals surface area (Å²) in [5.41, 5.74) is 3.87. The lowest BCUT2D eigenvalue weighted by Gasteiger charge is -2.45. The number of aryl methyl sites for hydroxylation is 1. The number of aromatic nitrogens is 2. The number of pyridine rings is 2. The molecular weight excluding hydrogens is 742 g/mol. The molecule has 3 atom stereocenters. The van der Waals surface area contributed by atoms with Crippen LogP contribution in [0.25, 0.3) is 22.3 Å². The molecule has 11 heteroatoms. The van der Waals surface area contributed by atoms with E-state index >= 15 is 4.79 Å². The molecule has 0 saturated heterocycles. The summed E-state index contributed by atoms with van der Waals surface area (Å²) in [4.78, 5) is 47.2. The molecule has 56 heavy (non-hydrogen) atoms. The van der Waals surface area contributed by atoms with E-state index in [1.54, 1.807) is 17.6 Å². The Labute approximate surface area is 332 Å². The van der Waals surface area contributed by atoms with Crippen LogP contribution in [0.1, 0.15) is 92.8 Å². The molecule has 5 aromatic rings. The highest BCUT2D eigenvalue weighted by Crippen LogP contribution is 2.48. The molecule has 0 bridgehead atoms. The standard InChI is InChI=1S/C45H46ClN3O6Si/c1-6-45(53)32-21-36-39-30(23-49(36)42(51)31(32)24-54-43(45)52)38-34(20-19-29-25(2)33(46)22-35(47-39)37(29)38)48-41(50)40(26-17-18-26)55-56(44(3,4)5,27-13-9-7-10-14-27)28-15-11-8-12-16-28/h7-16,21-22,26,34,40,53H,6,17-20,23-24H2,1-5H3,(H,48,50)/t34-,40+,45-/m0/s1. The third kappa shape index (κ3) is 5.47. The molecule has 288 valence electrons. The number of esters is 1. The second kappa shape index (κ2) is 13.2. The normalized spacial score (nSPS) is 20.6. The minimum Gasteiger partial charge on any atom is -0.458 e. The Kier molecular flexibility index (Phi) is 8.74. The molecule has 0 spiro atoms. The smallest absolute Gasteiger partial charge is 0.343 e. The monoisotopic (exact) mass is 787 g/mol. The number of hydrogen-bond acceptors (Lipinski definition) is 7. The van der Waals surface area contributed by atoms with Gasteiger partial charge in [-0.25, -0.2) is 9.78 Å². The van der Waals surface area contributed by atoms with Crippen LogP contribution < -0.4 is 21.2 Å². The molecule has 1 fully saturated rings. The van der Waals surface area contributed by atoms with Gasteiger partial charge in [0.05, 0.1) is 35.1 Å². The van der Waals surface area contributed by atoms with Crippen molar-refractivity contribution in [1.29, 1.82) is 0 Å². The van der Waals surface area contributed by atoms with Crippen LogP contribution in [0, 0.1) is 12.8 Å². The summed E-state index contributed by atoms with van der Waals surface area (Å²) in [6.07, 6.45) is 2.52. The molecular formula is C45H46ClN3O6Si. The number of fused-ring (bicyclic) bond motifs is 5. The van der Waals surface area contributed by atoms with Crippen LogP contribution in [-0.4, -0.2) is 41.0 Å². The quantitative estimate of drug-likeness (QED) is 0.134. The fourth-order valence-corrected chi connectivity index (χ4v) is 14.5. The number of ether oxygens (including phenoxy) is 1. The number of nitrogens with one attached hydrogen (secondary N) is 1. The van der Waals surface area contributed by atoms with E-state index in [9.17, 15) is 14.7 Å². The van der Waals surface area contributed by atoms with Crippen molar-refractivity contribution < 1.29 is 23.9 Å². The van der Waals surface area contributed by atoms with Crippen LogP contribution in [0.5, 0.6) is 0 Å². The van der Waals surface area contributed by atoms with Gasteiger partial charge in [0, 0.05) is 21.5 Å². The zero-order valence-corrected chi connectivity index (χ0v) is 34.1. The third-order valence-electron chi connectivity index (χ3n) is 12.7. The highest BCUT2D eigenvalue weighted by atomic mass is 35.5. The summed E-state index contributed by atoms with van der Waals surface area (Å²) in [6, 6.07) is 24.0. The van der Waals surface area contributed by atoms with E-state index in [4.69, 9.17) is 25.7 Å². The van der Waals surface area contributed by atoms with Crippen LogP contribution in [0.4, 0.5) is 0 Å². The summed E-state index contributed by atoms with van der Waals surface area (Å²) in [5, 5.41) is 18.5. The summed E-state index contributed by atoms with van der Waals surface area (Å²) in [6.45, 7) is 10.4. The summed E-state index contributed by atoms with van der Waals surface area (Å²) in [5.74, 6) is -0.810. The SMILES string of the molecule is CC[C@@]1(O)C(=O)OCc2c1cc1n(c2=O)Cc2c-1nc1cc(Cl)c(C)c3c1c2[C@@H](NC(=O)[C@H](O[Si](c1ccccc1)(c1ccccc1)C(C)(C)C)C1CC1)CC3. The summed E-state index contributed by atoms with van der Waals surface area (Å²) < 4.78 is 14.5. The van der Waals surface area contributed by atoms with E-state index in [-0.39, 0.29) is 53.1 Å². The van der Waals surface area contributed by atoms with E-state index in [0.717, 1.165) is 50.9 Å². The fourth-order valence-electron chi connectivity index (χ4n) is 9.60. The Bertz CT molecular complexity index is 2470. The lowest BCUT2D eigenvalue weighted by atomic mass is 9.81. The molecule has 4 aliphatic rings. The zero-order chi connectivity index (χ0) is 39.3. The molecule has 9 nitrogen and oxygen atoms in total. The number of hydrogen-bond donors (Lipinski definition) is 2. The number of halogens is 1. The Morgan fingerprint density at radius 2 is 1.70 bits per heavy atom. The van der Waals surface area contributed by atoms with E-state index in [0.29, 0.717) is 34.8 Å². The van der Waals surface area contributed by atoms with Gasteiger partial charge in [-0.2, -0.15) is 0 Å². The fraction of sp³-hybridized carbons (Fsp3) is 0.378. The second-order valence-corrected chi connectivity index (χ2v) is 21.6. The van der Waals surface area contributed by atoms with Crippen LogP contribution in [0.15, 0.2) is 77.6 Å². The molecule has 1 saturated carbocycles. The van der Waals surface area contributed by atoms with E-state index in [1.165, 1.54) is 0 Å². The Balaban J connectivity index is 1.17. The molecule has 2 aliphatic carbocycles. The van der Waals surface area contributed by atoms with Gasteiger partial charge in [0.1, 0.15) is 12.7 Å². The molecule has 3 aromatic carbocycles. The maximum Gasteiger partial charge on any atom is 0.343 e. The van der Waals surface area contributed by atoms with E-state index < -0.39 is 32.0 Å². The summed E-state index contributed by atoms with van der Waals surface area (Å²) >= 11 is 6.83. The predicted molar refractivity (Wildman–Crippen MR) is 219 cm³/mol. The molecule has 1 amide bonds. The molecule has 2 aliphatic heterocycles. The van der Waals surface area contributed by atoms with Gasteiger partial charge in [0.2, 0.25) is 5.91 Å². The van der Waals surface area contributed by atoms with Gasteiger partial charge in [-0.3, -0.25) is 9.59 Å². The molecule has 2 aromatic heterocycles. The van der Waals surface area contributed by atoms with Crippen molar-refractivity contribution in [2.75, 3.05) is 0 Å². The van der Waals surface area contributed by atoms with Gasteiger partial charge < -0.3 is 24.2 Å². The van der Waals surface area contributed by atoms with E-state index in [1.807, 2.05) is 25.1 Å². The molecule has 0 radical (unpaired) electrons. The maximum atomic E-state index is 15.0. The Morgan fingerprint density at radius 3 is 2.30 bits per heavy atom. The van der Waals surface area contributed by atoms with Gasteiger partial charge in [0.25, 0.3) is 13.9 Å². The zero-order valence-electron chi connectivity index (χ0n) is 32.4. The van der Waals surface area contributed by atoms with Crippen LogP contribution >= 0.6 is 11.6 Å². The predicted octanol–water partition coefficient (Wildman–Crippen LogP) is 6.50. The third-order valence-corrected chi connectivity index (χ3v) is 18.1. The lowest BCUT2D eigenvalue weighted by Crippen LogP contribution is -2.69. The summed E-state index contributed by atoms with van der Waals surface area (Å²) in [7, 11) is -3.06. The number of nitrogens with zero attached hydrogens (tertiary/aromatic N) is 2.